The maximum atomic E-state index is 11.5. The molecule has 0 aromatic heterocycles. The number of carbonyl (C=O) groups excluding carboxylic acids is 1. The molecule has 8 nitrogen and oxygen atoms in total. The molecular weight excluding hydrogens is 266 g/mol. The van der Waals surface area contributed by atoms with Crippen LogP contribution in [0.15, 0.2) is 46.0 Å². The summed E-state index contributed by atoms with van der Waals surface area (Å²) in [4.78, 5) is 11.5. The molecule has 1 atom stereocenters. The molecule has 20 heavy (non-hydrogen) atoms. The molecule has 0 heterocycles. The number of aliphatic hydroxyl groups is 1. The van der Waals surface area contributed by atoms with Crippen LogP contribution in [0.4, 0.5) is 11.4 Å². The minimum Gasteiger partial charge on any atom is -0.595 e. The molecule has 0 spiro atoms. The van der Waals surface area contributed by atoms with Crippen molar-refractivity contribution >= 4 is 17.3 Å². The SMILES string of the molecule is CCOC(=O)C(N=Nc1ccccc1[NH+]([O-])O)=C(C)O. The van der Waals surface area contributed by atoms with Crippen molar-refractivity contribution in [1.29, 1.82) is 0 Å². The predicted molar refractivity (Wildman–Crippen MR) is 68.7 cm³/mol. The average Bonchev–Trinajstić information content (AvgIpc) is 2.39. The van der Waals surface area contributed by atoms with Gasteiger partial charge in [0.2, 0.25) is 5.70 Å². The summed E-state index contributed by atoms with van der Waals surface area (Å²) in [6, 6.07) is 5.92. The fraction of sp³-hybridized carbons (Fsp3) is 0.250. The first-order valence-electron chi connectivity index (χ1n) is 5.78. The zero-order valence-corrected chi connectivity index (χ0v) is 11.0. The smallest absolute Gasteiger partial charge is 0.362 e. The van der Waals surface area contributed by atoms with Crippen molar-refractivity contribution in [3.8, 4) is 0 Å². The summed E-state index contributed by atoms with van der Waals surface area (Å²) in [5.41, 5.74) is -0.356. The van der Waals surface area contributed by atoms with E-state index in [0.717, 1.165) is 0 Å². The normalized spacial score (nSPS) is 14.0. The van der Waals surface area contributed by atoms with Crippen LogP contribution in [-0.4, -0.2) is 22.9 Å². The van der Waals surface area contributed by atoms with Crippen molar-refractivity contribution in [2.75, 3.05) is 6.61 Å². The molecular formula is C12H15N3O5. The Kier molecular flexibility index (Phi) is 5.78. The lowest BCUT2D eigenvalue weighted by Crippen LogP contribution is -2.99. The van der Waals surface area contributed by atoms with Crippen LogP contribution in [0.5, 0.6) is 0 Å². The van der Waals surface area contributed by atoms with Gasteiger partial charge in [-0.1, -0.05) is 12.1 Å². The Bertz CT molecular complexity index is 536. The van der Waals surface area contributed by atoms with Gasteiger partial charge < -0.3 is 15.1 Å². The molecule has 1 aromatic carbocycles. The van der Waals surface area contributed by atoms with Crippen LogP contribution in [0.3, 0.4) is 0 Å². The highest BCUT2D eigenvalue weighted by Gasteiger charge is 2.15. The third-order valence-electron chi connectivity index (χ3n) is 2.20. The molecule has 0 bridgehead atoms. The van der Waals surface area contributed by atoms with E-state index < -0.39 is 11.2 Å². The summed E-state index contributed by atoms with van der Waals surface area (Å²) in [5, 5.41) is 35.4. The maximum Gasteiger partial charge on any atom is 0.362 e. The first kappa shape index (κ1) is 15.8. The Labute approximate surface area is 115 Å². The van der Waals surface area contributed by atoms with Crippen LogP contribution >= 0.6 is 0 Å². The van der Waals surface area contributed by atoms with Gasteiger partial charge in [0.05, 0.1) is 6.61 Å². The summed E-state index contributed by atoms with van der Waals surface area (Å²) in [6.45, 7) is 2.99. The van der Waals surface area contributed by atoms with Gasteiger partial charge >= 0.3 is 5.97 Å². The number of aliphatic hydroxyl groups excluding tert-OH is 1. The molecule has 0 aliphatic heterocycles. The van der Waals surface area contributed by atoms with Gasteiger partial charge in [-0.15, -0.1) is 10.2 Å². The zero-order valence-electron chi connectivity index (χ0n) is 11.0. The maximum absolute atomic E-state index is 11.5. The molecule has 0 aliphatic rings. The van der Waals surface area contributed by atoms with E-state index in [9.17, 15) is 15.1 Å². The summed E-state index contributed by atoms with van der Waals surface area (Å²) >= 11 is 0. The van der Waals surface area contributed by atoms with Crippen LogP contribution in [0, 0.1) is 5.21 Å². The van der Waals surface area contributed by atoms with E-state index in [1.807, 2.05) is 0 Å². The highest BCUT2D eigenvalue weighted by atomic mass is 16.8. The number of quaternary nitrogens is 1. The number of nitrogens with zero attached hydrogens (tertiary/aromatic N) is 2. The summed E-state index contributed by atoms with van der Waals surface area (Å²) < 4.78 is 4.70. The molecule has 0 amide bonds. The van der Waals surface area contributed by atoms with Crippen molar-refractivity contribution in [3.05, 3.63) is 40.9 Å². The molecule has 0 aliphatic carbocycles. The second kappa shape index (κ2) is 7.34. The Balaban J connectivity index is 3.07. The van der Waals surface area contributed by atoms with Gasteiger partial charge in [0, 0.05) is 6.07 Å². The van der Waals surface area contributed by atoms with Gasteiger partial charge in [0.1, 0.15) is 11.4 Å². The average molecular weight is 281 g/mol. The number of azo groups is 1. The number of hydrogen-bond acceptors (Lipinski definition) is 7. The molecule has 0 saturated heterocycles. The quantitative estimate of drug-likeness (QED) is 0.248. The Morgan fingerprint density at radius 3 is 2.65 bits per heavy atom. The lowest BCUT2D eigenvalue weighted by atomic mass is 10.3. The highest BCUT2D eigenvalue weighted by Crippen LogP contribution is 2.22. The number of benzene rings is 1. The van der Waals surface area contributed by atoms with Gasteiger partial charge in [-0.25, -0.2) is 10.0 Å². The Hall–Kier alpha value is -2.29. The minimum absolute atomic E-state index is 0.0601. The first-order valence-corrected chi connectivity index (χ1v) is 5.78. The standard InChI is InChI=1S/C12H15N3O5/c1-3-20-12(17)11(8(2)16)14-13-9-6-4-5-7-10(9)15(18)19/h4-7,15-16,18H,3H2,1-2H3. The highest BCUT2D eigenvalue weighted by molar-refractivity contribution is 5.88. The largest absolute Gasteiger partial charge is 0.595 e. The number of nitrogens with one attached hydrogen (secondary N) is 1. The van der Waals surface area contributed by atoms with Gasteiger partial charge in [0.25, 0.3) is 0 Å². The van der Waals surface area contributed by atoms with Crippen LogP contribution in [0.1, 0.15) is 13.8 Å². The van der Waals surface area contributed by atoms with E-state index in [1.54, 1.807) is 19.1 Å². The third-order valence-corrected chi connectivity index (χ3v) is 2.20. The number of hydrogen-bond donors (Lipinski definition) is 3. The minimum atomic E-state index is -1.16. The monoisotopic (exact) mass is 281 g/mol. The number of carbonyl (C=O) groups is 1. The zero-order chi connectivity index (χ0) is 15.1. The van der Waals surface area contributed by atoms with E-state index in [2.05, 4.69) is 10.2 Å². The van der Waals surface area contributed by atoms with Crippen molar-refractivity contribution in [2.45, 2.75) is 13.8 Å². The lowest BCUT2D eigenvalue weighted by molar-refractivity contribution is -0.990. The summed E-state index contributed by atoms with van der Waals surface area (Å²) in [6.07, 6.45) is 0. The summed E-state index contributed by atoms with van der Waals surface area (Å²) in [7, 11) is 0. The van der Waals surface area contributed by atoms with E-state index in [4.69, 9.17) is 9.94 Å². The summed E-state index contributed by atoms with van der Waals surface area (Å²) in [5.74, 6) is -1.19. The topological polar surface area (TPSA) is 119 Å². The van der Waals surface area contributed by atoms with Crippen molar-refractivity contribution in [2.24, 2.45) is 10.2 Å². The Morgan fingerprint density at radius 1 is 1.45 bits per heavy atom. The second-order valence-electron chi connectivity index (χ2n) is 3.68. The molecule has 1 unspecified atom stereocenters. The number of allylic oxidation sites excluding steroid dienone is 1. The molecule has 8 heteroatoms. The number of esters is 1. The molecule has 0 fully saturated rings. The van der Waals surface area contributed by atoms with Crippen LogP contribution in [-0.2, 0) is 9.53 Å². The van der Waals surface area contributed by atoms with Gasteiger partial charge in [-0.3, -0.25) is 0 Å². The van der Waals surface area contributed by atoms with Gasteiger partial charge in [-0.05, 0) is 19.9 Å². The molecule has 108 valence electrons. The van der Waals surface area contributed by atoms with E-state index in [1.165, 1.54) is 19.1 Å². The van der Waals surface area contributed by atoms with Crippen molar-refractivity contribution < 1.29 is 25.1 Å². The van der Waals surface area contributed by atoms with E-state index in [0.29, 0.717) is 0 Å². The Morgan fingerprint density at radius 2 is 2.10 bits per heavy atom. The molecule has 1 rings (SSSR count). The number of rotatable bonds is 5. The fourth-order valence-electron chi connectivity index (χ4n) is 1.31. The van der Waals surface area contributed by atoms with E-state index >= 15 is 0 Å². The van der Waals surface area contributed by atoms with Crippen LogP contribution in [0.25, 0.3) is 0 Å². The lowest BCUT2D eigenvalue weighted by Gasteiger charge is -2.12. The number of ether oxygens (including phenoxy) is 1. The molecule has 0 radical (unpaired) electrons. The van der Waals surface area contributed by atoms with Crippen LogP contribution in [0.2, 0.25) is 0 Å². The molecule has 3 N–H and O–H groups in total. The van der Waals surface area contributed by atoms with Crippen molar-refractivity contribution in [1.82, 2.24) is 0 Å². The van der Waals surface area contributed by atoms with E-state index in [-0.39, 0.29) is 29.4 Å². The number of para-hydroxylation sites is 1. The van der Waals surface area contributed by atoms with Crippen LogP contribution < -0.4 is 5.23 Å². The van der Waals surface area contributed by atoms with Gasteiger partial charge in [-0.2, -0.15) is 5.23 Å². The first-order chi connectivity index (χ1) is 9.47. The van der Waals surface area contributed by atoms with Gasteiger partial charge in [0.15, 0.2) is 5.69 Å². The third kappa shape index (κ3) is 4.12. The predicted octanol–water partition coefficient (Wildman–Crippen LogP) is 1.53. The molecule has 1 aromatic rings. The fourth-order valence-corrected chi connectivity index (χ4v) is 1.31. The molecule has 0 saturated carbocycles. The van der Waals surface area contributed by atoms with Crippen molar-refractivity contribution in [3.63, 3.8) is 0 Å². The second-order valence-corrected chi connectivity index (χ2v) is 3.68.